The minimum atomic E-state index is 0.348. The zero-order valence-electron chi connectivity index (χ0n) is 27.6. The van der Waals surface area contributed by atoms with Gasteiger partial charge >= 0.3 is 0 Å². The summed E-state index contributed by atoms with van der Waals surface area (Å²) < 4.78 is 0. The molecule has 222 valence electrons. The Morgan fingerprint density at radius 2 is 1.66 bits per heavy atom. The maximum Gasteiger partial charge on any atom is 0.0998 e. The minimum absolute atomic E-state index is 0.348. The highest BCUT2D eigenvalue weighted by molar-refractivity contribution is 8.06. The van der Waals surface area contributed by atoms with Crippen molar-refractivity contribution >= 4 is 17.6 Å². The van der Waals surface area contributed by atoms with Crippen LogP contribution in [-0.2, 0) is 0 Å². The summed E-state index contributed by atoms with van der Waals surface area (Å²) >= 11 is 1.86. The molecule has 0 saturated carbocycles. The molecule has 4 atom stereocenters. The van der Waals surface area contributed by atoms with Crippen LogP contribution in [0.5, 0.6) is 0 Å². The van der Waals surface area contributed by atoms with Crippen molar-refractivity contribution in [1.82, 2.24) is 14.7 Å². The van der Waals surface area contributed by atoms with Gasteiger partial charge in [-0.05, 0) is 88.1 Å². The van der Waals surface area contributed by atoms with Gasteiger partial charge in [0.1, 0.15) is 0 Å². The van der Waals surface area contributed by atoms with Crippen molar-refractivity contribution in [2.24, 2.45) is 0 Å². The van der Waals surface area contributed by atoms with Crippen molar-refractivity contribution in [2.75, 3.05) is 20.1 Å². The lowest BCUT2D eigenvalue weighted by Crippen LogP contribution is -2.46. The summed E-state index contributed by atoms with van der Waals surface area (Å²) in [6.07, 6.45) is 9.26. The van der Waals surface area contributed by atoms with Gasteiger partial charge in [-0.3, -0.25) is 5.41 Å². The second-order valence-corrected chi connectivity index (χ2v) is 11.4. The second kappa shape index (κ2) is 21.4. The molecule has 4 nitrogen and oxygen atoms in total. The number of allylic oxidation sites excluding steroid dienone is 4. The molecule has 5 heteroatoms. The molecule has 1 rings (SSSR count). The van der Waals surface area contributed by atoms with Crippen molar-refractivity contribution in [1.29, 1.82) is 5.41 Å². The third kappa shape index (κ3) is 12.6. The molecule has 0 aliphatic carbocycles. The van der Waals surface area contributed by atoms with Crippen molar-refractivity contribution in [3.05, 3.63) is 46.4 Å². The van der Waals surface area contributed by atoms with Gasteiger partial charge in [-0.15, -0.1) is 6.58 Å². The molecule has 4 unspecified atom stereocenters. The molecule has 0 spiro atoms. The smallest absolute Gasteiger partial charge is 0.0998 e. The number of nitrogens with one attached hydrogen (secondary N) is 1. The first-order valence-electron chi connectivity index (χ1n) is 15.0. The van der Waals surface area contributed by atoms with Crippen LogP contribution in [0.2, 0.25) is 0 Å². The quantitative estimate of drug-likeness (QED) is 0.141. The molecule has 0 saturated heterocycles. The van der Waals surface area contributed by atoms with E-state index < -0.39 is 0 Å². The summed E-state index contributed by atoms with van der Waals surface area (Å²) in [4.78, 5) is 9.97. The van der Waals surface area contributed by atoms with Gasteiger partial charge in [0, 0.05) is 53.1 Å². The van der Waals surface area contributed by atoms with E-state index in [-0.39, 0.29) is 0 Å². The number of rotatable bonds is 13. The summed E-state index contributed by atoms with van der Waals surface area (Å²) in [5, 5.41) is 8.39. The van der Waals surface area contributed by atoms with Crippen molar-refractivity contribution in [2.45, 2.75) is 139 Å². The molecule has 1 heterocycles. The Labute approximate surface area is 243 Å². The lowest BCUT2D eigenvalue weighted by atomic mass is 9.99. The van der Waals surface area contributed by atoms with Crippen LogP contribution in [0.1, 0.15) is 115 Å². The number of hydrogen-bond donors (Lipinski definition) is 1. The first-order chi connectivity index (χ1) is 17.9. The van der Waals surface area contributed by atoms with Gasteiger partial charge < -0.3 is 14.7 Å². The molecule has 1 aliphatic heterocycles. The summed E-state index contributed by atoms with van der Waals surface area (Å²) in [6.45, 7) is 35.8. The Bertz CT molecular complexity index is 750. The molecule has 38 heavy (non-hydrogen) atoms. The Morgan fingerprint density at radius 3 is 2.11 bits per heavy atom. The van der Waals surface area contributed by atoms with Gasteiger partial charge in [0.2, 0.25) is 0 Å². The fourth-order valence-corrected chi connectivity index (χ4v) is 5.93. The van der Waals surface area contributed by atoms with Crippen molar-refractivity contribution in [3.8, 4) is 0 Å². The molecule has 0 aromatic heterocycles. The molecule has 0 amide bonds. The summed E-state index contributed by atoms with van der Waals surface area (Å²) in [7, 11) is 2.29. The maximum absolute atomic E-state index is 8.39. The van der Waals surface area contributed by atoms with E-state index >= 15 is 0 Å². The van der Waals surface area contributed by atoms with E-state index in [1.54, 1.807) is 6.08 Å². The number of thioether (sulfide) groups is 1. The molecule has 0 radical (unpaired) electrons. The monoisotopic (exact) mass is 548 g/mol. The second-order valence-electron chi connectivity index (χ2n) is 10.2. The Kier molecular flexibility index (Phi) is 21.8. The molecule has 1 aliphatic rings. The number of hydrogen-bond acceptors (Lipinski definition) is 4. The van der Waals surface area contributed by atoms with Gasteiger partial charge in [0.15, 0.2) is 0 Å². The molecule has 0 fully saturated rings. The Balaban J connectivity index is 0. The van der Waals surface area contributed by atoms with Crippen LogP contribution in [0.4, 0.5) is 0 Å². The van der Waals surface area contributed by atoms with Gasteiger partial charge in [0.25, 0.3) is 0 Å². The molecular formula is C33H64N4S. The third-order valence-electron chi connectivity index (χ3n) is 7.58. The topological polar surface area (TPSA) is 33.6 Å². The predicted molar refractivity (Wildman–Crippen MR) is 177 cm³/mol. The SMILES string of the molecule is C=C1SC(C/C=C(\C)CC(=N)N(CC)CC)=C(C)N(C(C)CC(CC)N(C)C(C)CC)C1C.C=CC.CC. The van der Waals surface area contributed by atoms with E-state index in [1.807, 2.05) is 32.5 Å². The largest absolute Gasteiger partial charge is 0.364 e. The number of amidine groups is 1. The van der Waals surface area contributed by atoms with Crippen molar-refractivity contribution in [3.63, 3.8) is 0 Å². The summed E-state index contributed by atoms with van der Waals surface area (Å²) in [6, 6.07) is 2.02. The molecular weight excluding hydrogens is 484 g/mol. The highest BCUT2D eigenvalue weighted by Crippen LogP contribution is 2.42. The standard InChI is InChI=1S/C28H52N4S.C3H6.C2H6/c1-12-21(6)30(11)26(13-2)19-22(7)32-23(8)25(10)33-27(24(32)9)17-16-20(5)18-28(29)31(14-3)15-4;1-3-2;1-2/h16,21-23,26,29H,10,12-15,17-19H2,1-9,11H3;3H,1H2,2H3;1-2H3/b20-16+,29-28?;;. The first-order valence-corrected chi connectivity index (χ1v) is 15.9. The normalized spacial score (nSPS) is 18.2. The fourth-order valence-electron chi connectivity index (χ4n) is 4.91. The van der Waals surface area contributed by atoms with E-state index in [0.717, 1.165) is 31.8 Å². The van der Waals surface area contributed by atoms with E-state index in [0.29, 0.717) is 24.2 Å². The zero-order valence-corrected chi connectivity index (χ0v) is 28.4. The number of nitrogens with zero attached hydrogens (tertiary/aromatic N) is 3. The molecule has 1 N–H and O–H groups in total. The Hall–Kier alpha value is -1.46. The first kappa shape index (κ1) is 38.7. The van der Waals surface area contributed by atoms with Crippen molar-refractivity contribution < 1.29 is 0 Å². The predicted octanol–water partition coefficient (Wildman–Crippen LogP) is 9.72. The van der Waals surface area contributed by atoms with Gasteiger partial charge in [-0.1, -0.05) is 63.8 Å². The van der Waals surface area contributed by atoms with Crippen LogP contribution >= 0.6 is 11.8 Å². The van der Waals surface area contributed by atoms with Crippen LogP contribution in [0.25, 0.3) is 0 Å². The molecule has 0 aromatic rings. The molecule has 0 bridgehead atoms. The lowest BCUT2D eigenvalue weighted by Gasteiger charge is -2.45. The molecule has 0 aromatic carbocycles. The average molecular weight is 549 g/mol. The Morgan fingerprint density at radius 1 is 1.13 bits per heavy atom. The maximum atomic E-state index is 8.39. The van der Waals surface area contributed by atoms with Gasteiger partial charge in [-0.2, -0.15) is 0 Å². The summed E-state index contributed by atoms with van der Waals surface area (Å²) in [5.74, 6) is 0.722. The van der Waals surface area contributed by atoms with E-state index in [1.165, 1.54) is 40.3 Å². The van der Waals surface area contributed by atoms with E-state index in [2.05, 4.69) is 103 Å². The van der Waals surface area contributed by atoms with E-state index in [9.17, 15) is 0 Å². The average Bonchev–Trinajstić information content (AvgIpc) is 2.90. The van der Waals surface area contributed by atoms with Crippen LogP contribution in [0.15, 0.2) is 46.4 Å². The van der Waals surface area contributed by atoms with Crippen LogP contribution in [0, 0.1) is 5.41 Å². The fraction of sp³-hybridized carbons (Fsp3) is 0.727. The zero-order chi connectivity index (χ0) is 30.0. The van der Waals surface area contributed by atoms with Gasteiger partial charge in [-0.25, -0.2) is 0 Å². The van der Waals surface area contributed by atoms with Crippen LogP contribution < -0.4 is 0 Å². The highest BCUT2D eigenvalue weighted by Gasteiger charge is 2.31. The minimum Gasteiger partial charge on any atom is -0.364 e. The lowest BCUT2D eigenvalue weighted by molar-refractivity contribution is 0.124. The van der Waals surface area contributed by atoms with Crippen LogP contribution in [0.3, 0.4) is 0 Å². The third-order valence-corrected chi connectivity index (χ3v) is 8.89. The van der Waals surface area contributed by atoms with E-state index in [4.69, 9.17) is 5.41 Å². The van der Waals surface area contributed by atoms with Crippen LogP contribution in [-0.4, -0.2) is 64.8 Å². The summed E-state index contributed by atoms with van der Waals surface area (Å²) in [5.41, 5.74) is 2.68. The highest BCUT2D eigenvalue weighted by atomic mass is 32.2. The van der Waals surface area contributed by atoms with Gasteiger partial charge in [0.05, 0.1) is 11.9 Å².